The third-order valence-corrected chi connectivity index (χ3v) is 5.39. The molecule has 0 unspecified atom stereocenters. The fourth-order valence-electron chi connectivity index (χ4n) is 3.41. The molecular weight excluding hydrogens is 494 g/mol. The summed E-state index contributed by atoms with van der Waals surface area (Å²) in [6.45, 7) is 8.55. The van der Waals surface area contributed by atoms with Crippen LogP contribution in [0, 0.1) is 0 Å². The maximum absolute atomic E-state index is 12.9. The van der Waals surface area contributed by atoms with Gasteiger partial charge in [-0.05, 0) is 81.8 Å². The van der Waals surface area contributed by atoms with Crippen LogP contribution in [-0.2, 0) is 0 Å². The van der Waals surface area contributed by atoms with Crippen LogP contribution < -0.4 is 25.0 Å². The van der Waals surface area contributed by atoms with Gasteiger partial charge in [-0.3, -0.25) is 9.59 Å². The molecule has 3 aromatic carbocycles. The van der Waals surface area contributed by atoms with Gasteiger partial charge >= 0.3 is 0 Å². The Morgan fingerprint density at radius 2 is 1.41 bits per heavy atom. The van der Waals surface area contributed by atoms with E-state index in [-0.39, 0.29) is 5.91 Å². The monoisotopic (exact) mass is 523 g/mol. The molecule has 8 nitrogen and oxygen atoms in total. The fourth-order valence-corrected chi connectivity index (χ4v) is 3.54. The zero-order valence-corrected chi connectivity index (χ0v) is 22.0. The van der Waals surface area contributed by atoms with Gasteiger partial charge in [-0.15, -0.1) is 0 Å². The van der Waals surface area contributed by atoms with Crippen molar-refractivity contribution in [1.82, 2.24) is 5.43 Å². The smallest absolute Gasteiger partial charge is 0.271 e. The van der Waals surface area contributed by atoms with Crippen LogP contribution in [0.15, 0.2) is 65.8 Å². The highest BCUT2D eigenvalue weighted by atomic mass is 35.5. The topological polar surface area (TPSA) is 98.2 Å². The molecule has 0 saturated heterocycles. The lowest BCUT2D eigenvalue weighted by molar-refractivity contribution is 0.0953. The van der Waals surface area contributed by atoms with Gasteiger partial charge in [-0.1, -0.05) is 23.7 Å². The van der Waals surface area contributed by atoms with Crippen molar-refractivity contribution >= 4 is 34.8 Å². The van der Waals surface area contributed by atoms with Crippen molar-refractivity contribution in [1.29, 1.82) is 0 Å². The molecule has 0 radical (unpaired) electrons. The molecule has 3 aromatic rings. The normalized spacial score (nSPS) is 11.0. The van der Waals surface area contributed by atoms with Gasteiger partial charge in [0.15, 0.2) is 11.5 Å². The molecule has 0 fully saturated rings. The summed E-state index contributed by atoms with van der Waals surface area (Å²) in [5.74, 6) is 0.606. The third-order valence-electron chi connectivity index (χ3n) is 5.14. The molecule has 2 amide bonds. The highest BCUT2D eigenvalue weighted by Crippen LogP contribution is 2.39. The summed E-state index contributed by atoms with van der Waals surface area (Å²) < 4.78 is 17.1. The van der Waals surface area contributed by atoms with Gasteiger partial charge in [0.05, 0.1) is 25.5 Å². The number of ether oxygens (including phenoxy) is 3. The minimum absolute atomic E-state index is 0.262. The molecule has 0 bridgehead atoms. The second-order valence-corrected chi connectivity index (χ2v) is 8.22. The Labute approximate surface area is 221 Å². The molecule has 0 atom stereocenters. The first-order chi connectivity index (χ1) is 17.9. The second kappa shape index (κ2) is 13.3. The van der Waals surface area contributed by atoms with Crippen molar-refractivity contribution in [3.63, 3.8) is 0 Å². The molecule has 0 heterocycles. The predicted molar refractivity (Wildman–Crippen MR) is 145 cm³/mol. The fraction of sp³-hybridized carbons (Fsp3) is 0.250. The van der Waals surface area contributed by atoms with Crippen molar-refractivity contribution in [2.75, 3.05) is 25.1 Å². The average molecular weight is 524 g/mol. The summed E-state index contributed by atoms with van der Waals surface area (Å²) >= 11 is 5.89. The van der Waals surface area contributed by atoms with E-state index >= 15 is 0 Å². The van der Waals surface area contributed by atoms with Crippen LogP contribution in [-0.4, -0.2) is 37.3 Å². The van der Waals surface area contributed by atoms with Crippen LogP contribution in [0.5, 0.6) is 17.2 Å². The van der Waals surface area contributed by atoms with Gasteiger partial charge < -0.3 is 19.5 Å². The van der Waals surface area contributed by atoms with Gasteiger partial charge in [0.2, 0.25) is 5.75 Å². The van der Waals surface area contributed by atoms with Crippen molar-refractivity contribution in [3.05, 3.63) is 82.4 Å². The van der Waals surface area contributed by atoms with Gasteiger partial charge in [0.1, 0.15) is 0 Å². The summed E-state index contributed by atoms with van der Waals surface area (Å²) in [5, 5.41) is 7.65. The minimum Gasteiger partial charge on any atom is -0.490 e. The van der Waals surface area contributed by atoms with E-state index in [1.54, 1.807) is 61.5 Å². The van der Waals surface area contributed by atoms with Gasteiger partial charge in [0.25, 0.3) is 11.8 Å². The van der Waals surface area contributed by atoms with Crippen molar-refractivity contribution < 1.29 is 23.8 Å². The number of halogens is 1. The lowest BCUT2D eigenvalue weighted by Crippen LogP contribution is -2.20. The van der Waals surface area contributed by atoms with Crippen molar-refractivity contribution in [2.24, 2.45) is 5.10 Å². The first kappa shape index (κ1) is 27.5. The highest BCUT2D eigenvalue weighted by Gasteiger charge is 2.18. The van der Waals surface area contributed by atoms with Crippen LogP contribution in [0.25, 0.3) is 0 Å². The van der Waals surface area contributed by atoms with Crippen molar-refractivity contribution in [3.8, 4) is 17.2 Å². The number of anilines is 1. The summed E-state index contributed by atoms with van der Waals surface area (Å²) in [6.07, 6.45) is 0. The predicted octanol–water partition coefficient (Wildman–Crippen LogP) is 5.94. The maximum Gasteiger partial charge on any atom is 0.271 e. The average Bonchev–Trinajstić information content (AvgIpc) is 2.89. The number of hydrogen-bond acceptors (Lipinski definition) is 6. The van der Waals surface area contributed by atoms with Gasteiger partial charge in [0, 0.05) is 21.8 Å². The van der Waals surface area contributed by atoms with E-state index in [1.165, 1.54) is 0 Å². The van der Waals surface area contributed by atoms with Crippen LogP contribution in [0.1, 0.15) is 54.0 Å². The minimum atomic E-state index is -0.434. The maximum atomic E-state index is 12.9. The van der Waals surface area contributed by atoms with E-state index in [0.717, 1.165) is 5.56 Å². The zero-order chi connectivity index (χ0) is 26.8. The number of nitrogens with zero attached hydrogens (tertiary/aromatic N) is 1. The number of carbonyl (C=O) groups is 2. The number of carbonyl (C=O) groups excluding carboxylic acids is 2. The largest absolute Gasteiger partial charge is 0.490 e. The van der Waals surface area contributed by atoms with E-state index in [2.05, 4.69) is 15.8 Å². The third kappa shape index (κ3) is 7.47. The number of amides is 2. The van der Waals surface area contributed by atoms with E-state index in [9.17, 15) is 9.59 Å². The molecular formula is C28H30ClN3O5. The molecule has 0 spiro atoms. The standard InChI is InChI=1S/C28H30ClN3O5/c1-5-35-24-16-21(17-25(36-6-2)26(24)37-7-3)28(34)32-31-18(4)20-9-8-10-23(15-20)30-27(33)19-11-13-22(29)14-12-19/h8-17H,5-7H2,1-4H3,(H,30,33)(H,32,34). The highest BCUT2D eigenvalue weighted by molar-refractivity contribution is 6.30. The second-order valence-electron chi connectivity index (χ2n) is 7.78. The number of hydrazone groups is 1. The Kier molecular flexibility index (Phi) is 9.92. The number of rotatable bonds is 11. The van der Waals surface area contributed by atoms with E-state index < -0.39 is 5.91 Å². The Balaban J connectivity index is 1.76. The van der Waals surface area contributed by atoms with E-state index in [1.807, 2.05) is 26.8 Å². The Bertz CT molecular complexity index is 1250. The van der Waals surface area contributed by atoms with Crippen LogP contribution >= 0.6 is 11.6 Å². The van der Waals surface area contributed by atoms with Crippen LogP contribution in [0.3, 0.4) is 0 Å². The molecule has 0 saturated carbocycles. The molecule has 0 aliphatic carbocycles. The summed E-state index contributed by atoms with van der Waals surface area (Å²) in [6, 6.07) is 17.0. The molecule has 2 N–H and O–H groups in total. The Hall–Kier alpha value is -4.04. The van der Waals surface area contributed by atoms with Crippen molar-refractivity contribution in [2.45, 2.75) is 27.7 Å². The number of benzene rings is 3. The molecule has 37 heavy (non-hydrogen) atoms. The zero-order valence-electron chi connectivity index (χ0n) is 21.3. The molecule has 0 aliphatic heterocycles. The Morgan fingerprint density at radius 1 is 0.784 bits per heavy atom. The van der Waals surface area contributed by atoms with E-state index in [4.69, 9.17) is 25.8 Å². The molecule has 9 heteroatoms. The summed E-state index contributed by atoms with van der Waals surface area (Å²) in [4.78, 5) is 25.4. The quantitative estimate of drug-likeness (QED) is 0.239. The lowest BCUT2D eigenvalue weighted by Gasteiger charge is -2.16. The van der Waals surface area contributed by atoms with Gasteiger partial charge in [-0.2, -0.15) is 5.10 Å². The first-order valence-corrected chi connectivity index (χ1v) is 12.3. The molecule has 194 valence electrons. The van der Waals surface area contributed by atoms with E-state index in [0.29, 0.717) is 64.6 Å². The lowest BCUT2D eigenvalue weighted by atomic mass is 10.1. The van der Waals surface area contributed by atoms with Crippen LogP contribution in [0.4, 0.5) is 5.69 Å². The summed E-state index contributed by atoms with van der Waals surface area (Å²) in [7, 11) is 0. The molecule has 0 aliphatic rings. The summed E-state index contributed by atoms with van der Waals surface area (Å²) in [5.41, 5.74) is 5.25. The SMILES string of the molecule is CCOc1cc(C(=O)NN=C(C)c2cccc(NC(=O)c3ccc(Cl)cc3)c2)cc(OCC)c1OCC. The first-order valence-electron chi connectivity index (χ1n) is 11.9. The molecule has 3 rings (SSSR count). The molecule has 0 aromatic heterocycles. The number of hydrogen-bond donors (Lipinski definition) is 2. The van der Waals surface area contributed by atoms with Crippen LogP contribution in [0.2, 0.25) is 5.02 Å². The Morgan fingerprint density at radius 3 is 2.00 bits per heavy atom. The van der Waals surface area contributed by atoms with Gasteiger partial charge in [-0.25, -0.2) is 5.43 Å². The number of nitrogens with one attached hydrogen (secondary N) is 2.